The van der Waals surface area contributed by atoms with Crippen LogP contribution in [-0.2, 0) is 7.05 Å². The zero-order valence-electron chi connectivity index (χ0n) is 12.6. The van der Waals surface area contributed by atoms with E-state index in [-0.39, 0.29) is 36.8 Å². The highest BCUT2D eigenvalue weighted by molar-refractivity contribution is 6.05. The molecule has 122 valence electrons. The van der Waals surface area contributed by atoms with E-state index >= 15 is 0 Å². The predicted octanol–water partition coefficient (Wildman–Crippen LogP) is 1.59. The maximum absolute atomic E-state index is 12.3. The summed E-state index contributed by atoms with van der Waals surface area (Å²) in [6.07, 6.45) is 4.04. The zero-order chi connectivity index (χ0) is 14.3. The summed E-state index contributed by atoms with van der Waals surface area (Å²) >= 11 is 0. The molecule has 0 radical (unpaired) electrons. The van der Waals surface area contributed by atoms with Crippen LogP contribution in [-0.4, -0.2) is 33.3 Å². The molecular weight excluding hydrogens is 325 g/mol. The lowest BCUT2D eigenvalue weighted by atomic mass is 10.1. The van der Waals surface area contributed by atoms with Gasteiger partial charge in [-0.05, 0) is 31.7 Å². The van der Waals surface area contributed by atoms with E-state index in [1.807, 2.05) is 14.0 Å². The summed E-state index contributed by atoms with van der Waals surface area (Å²) in [4.78, 5) is 16.7. The second-order valence-corrected chi connectivity index (χ2v) is 5.53. The van der Waals surface area contributed by atoms with Gasteiger partial charge in [-0.15, -0.1) is 24.8 Å². The van der Waals surface area contributed by atoms with Gasteiger partial charge < -0.3 is 11.1 Å². The Morgan fingerprint density at radius 3 is 2.82 bits per heavy atom. The molecule has 3 N–H and O–H groups in total. The number of carbonyl (C=O) groups excluding carboxylic acids is 1. The maximum atomic E-state index is 12.3. The van der Waals surface area contributed by atoms with Crippen molar-refractivity contribution in [2.24, 2.45) is 18.7 Å². The van der Waals surface area contributed by atoms with E-state index in [1.165, 1.54) is 12.8 Å². The first-order valence-electron chi connectivity index (χ1n) is 6.89. The zero-order valence-corrected chi connectivity index (χ0v) is 14.2. The highest BCUT2D eigenvalue weighted by Crippen LogP contribution is 2.31. The topological polar surface area (TPSA) is 85.8 Å². The number of nitrogens with one attached hydrogen (secondary N) is 1. The van der Waals surface area contributed by atoms with E-state index in [4.69, 9.17) is 5.73 Å². The van der Waals surface area contributed by atoms with E-state index in [0.29, 0.717) is 18.0 Å². The van der Waals surface area contributed by atoms with Crippen LogP contribution in [0.1, 0.15) is 28.9 Å². The molecule has 22 heavy (non-hydrogen) atoms. The minimum absolute atomic E-state index is 0. The molecular formula is C14H21Cl2N5O. The Kier molecular flexibility index (Phi) is 6.17. The van der Waals surface area contributed by atoms with Crippen LogP contribution in [0.15, 0.2) is 12.3 Å². The summed E-state index contributed by atoms with van der Waals surface area (Å²) in [7, 11) is 1.82. The van der Waals surface area contributed by atoms with Gasteiger partial charge in [0.2, 0.25) is 0 Å². The lowest BCUT2D eigenvalue weighted by Gasteiger charge is -2.12. The number of rotatable bonds is 4. The van der Waals surface area contributed by atoms with Crippen molar-refractivity contribution in [2.75, 3.05) is 6.54 Å². The number of amides is 1. The Hall–Kier alpha value is -1.37. The van der Waals surface area contributed by atoms with E-state index in [9.17, 15) is 4.79 Å². The molecule has 2 aromatic heterocycles. The van der Waals surface area contributed by atoms with Crippen molar-refractivity contribution in [3.05, 3.63) is 23.5 Å². The van der Waals surface area contributed by atoms with Crippen molar-refractivity contribution < 1.29 is 4.79 Å². The van der Waals surface area contributed by atoms with E-state index in [2.05, 4.69) is 15.4 Å². The number of hydrogen-bond acceptors (Lipinski definition) is 4. The fraction of sp³-hybridized carbons (Fsp3) is 0.500. The van der Waals surface area contributed by atoms with Gasteiger partial charge >= 0.3 is 0 Å². The lowest BCUT2D eigenvalue weighted by Crippen LogP contribution is -2.38. The molecule has 1 atom stereocenters. The summed E-state index contributed by atoms with van der Waals surface area (Å²) in [5.41, 5.74) is 8.15. The molecule has 3 rings (SSSR count). The number of aromatic nitrogens is 3. The van der Waals surface area contributed by atoms with Crippen LogP contribution in [0.25, 0.3) is 11.0 Å². The van der Waals surface area contributed by atoms with Gasteiger partial charge in [-0.25, -0.2) is 4.98 Å². The highest BCUT2D eigenvalue weighted by Gasteiger charge is 2.28. The number of carbonyl (C=O) groups is 1. The van der Waals surface area contributed by atoms with Gasteiger partial charge in [0.25, 0.3) is 5.91 Å². The molecule has 1 aliphatic rings. The lowest BCUT2D eigenvalue weighted by molar-refractivity contribution is 0.0952. The summed E-state index contributed by atoms with van der Waals surface area (Å²) < 4.78 is 1.68. The minimum atomic E-state index is -0.107. The fourth-order valence-electron chi connectivity index (χ4n) is 2.42. The number of hydrogen-bond donors (Lipinski definition) is 2. The Morgan fingerprint density at radius 2 is 2.18 bits per heavy atom. The molecule has 0 spiro atoms. The Morgan fingerprint density at radius 1 is 1.50 bits per heavy atom. The van der Waals surface area contributed by atoms with Crippen molar-refractivity contribution >= 4 is 41.8 Å². The molecule has 1 saturated carbocycles. The number of pyridine rings is 1. The smallest absolute Gasteiger partial charge is 0.252 e. The summed E-state index contributed by atoms with van der Waals surface area (Å²) in [6, 6.07) is 1.86. The SMILES string of the molecule is Cc1cc(C(=O)NCC(N)C2CC2)c2cnn(C)c2n1.Cl.Cl. The fourth-order valence-corrected chi connectivity index (χ4v) is 2.42. The molecule has 0 saturated heterocycles. The van der Waals surface area contributed by atoms with Gasteiger partial charge in [-0.3, -0.25) is 9.48 Å². The quantitative estimate of drug-likeness (QED) is 0.880. The number of halogens is 2. The highest BCUT2D eigenvalue weighted by atomic mass is 35.5. The van der Waals surface area contributed by atoms with Gasteiger partial charge in [0.1, 0.15) is 0 Å². The third-order valence-corrected chi connectivity index (χ3v) is 3.80. The minimum Gasteiger partial charge on any atom is -0.350 e. The van der Waals surface area contributed by atoms with Crippen molar-refractivity contribution in [1.29, 1.82) is 0 Å². The standard InChI is InChI=1S/C14H19N5O.2ClH/c1-8-5-10(11-6-17-19(2)13(11)18-8)14(20)16-7-12(15)9-3-4-9;;/h5-6,9,12H,3-4,7,15H2,1-2H3,(H,16,20);2*1H. The molecule has 2 heterocycles. The molecule has 0 aromatic carbocycles. The van der Waals surface area contributed by atoms with Gasteiger partial charge in [-0.2, -0.15) is 5.10 Å². The van der Waals surface area contributed by atoms with E-state index < -0.39 is 0 Å². The van der Waals surface area contributed by atoms with Crippen molar-refractivity contribution in [2.45, 2.75) is 25.8 Å². The predicted molar refractivity (Wildman–Crippen MR) is 90.8 cm³/mol. The third kappa shape index (κ3) is 3.69. The van der Waals surface area contributed by atoms with Crippen LogP contribution in [0.2, 0.25) is 0 Å². The third-order valence-electron chi connectivity index (χ3n) is 3.80. The monoisotopic (exact) mass is 345 g/mol. The largest absolute Gasteiger partial charge is 0.350 e. The number of aryl methyl sites for hydroxylation is 2. The molecule has 1 aliphatic carbocycles. The van der Waals surface area contributed by atoms with Crippen molar-refractivity contribution in [1.82, 2.24) is 20.1 Å². The maximum Gasteiger partial charge on any atom is 0.252 e. The molecule has 1 unspecified atom stereocenters. The van der Waals surface area contributed by atoms with Crippen molar-refractivity contribution in [3.63, 3.8) is 0 Å². The van der Waals surface area contributed by atoms with Gasteiger partial charge in [0.05, 0.1) is 17.1 Å². The molecule has 6 nitrogen and oxygen atoms in total. The first kappa shape index (κ1) is 18.7. The van der Waals surface area contributed by atoms with Crippen molar-refractivity contribution in [3.8, 4) is 0 Å². The molecule has 8 heteroatoms. The molecule has 0 aliphatic heterocycles. The summed E-state index contributed by atoms with van der Waals surface area (Å²) in [5.74, 6) is 0.470. The summed E-state index contributed by atoms with van der Waals surface area (Å²) in [5, 5.41) is 7.86. The average Bonchev–Trinajstić information content (AvgIpc) is 3.21. The normalized spacial score (nSPS) is 14.9. The number of nitrogens with zero attached hydrogens (tertiary/aromatic N) is 3. The van der Waals surface area contributed by atoms with Crippen LogP contribution in [0, 0.1) is 12.8 Å². The van der Waals surface area contributed by atoms with E-state index in [0.717, 1.165) is 16.7 Å². The second kappa shape index (κ2) is 7.26. The molecule has 2 aromatic rings. The molecule has 1 fully saturated rings. The van der Waals surface area contributed by atoms with Crippen LogP contribution < -0.4 is 11.1 Å². The van der Waals surface area contributed by atoms with Gasteiger partial charge in [0, 0.05) is 25.3 Å². The summed E-state index contributed by atoms with van der Waals surface area (Å²) in [6.45, 7) is 2.39. The first-order chi connectivity index (χ1) is 9.56. The van der Waals surface area contributed by atoms with Gasteiger partial charge in [-0.1, -0.05) is 0 Å². The van der Waals surface area contributed by atoms with Crippen LogP contribution in [0.4, 0.5) is 0 Å². The van der Waals surface area contributed by atoms with Crippen LogP contribution in [0.5, 0.6) is 0 Å². The first-order valence-corrected chi connectivity index (χ1v) is 6.89. The Labute approximate surface area is 141 Å². The Balaban J connectivity index is 0.00000121. The van der Waals surface area contributed by atoms with Gasteiger partial charge in [0.15, 0.2) is 5.65 Å². The van der Waals surface area contributed by atoms with E-state index in [1.54, 1.807) is 16.9 Å². The Bertz CT molecular complexity index is 669. The average molecular weight is 346 g/mol. The molecule has 0 bridgehead atoms. The number of nitrogens with two attached hydrogens (primary N) is 1. The number of fused-ring (bicyclic) bond motifs is 1. The molecule has 1 amide bonds. The second-order valence-electron chi connectivity index (χ2n) is 5.53. The van der Waals surface area contributed by atoms with Crippen LogP contribution >= 0.6 is 24.8 Å². The van der Waals surface area contributed by atoms with Crippen LogP contribution in [0.3, 0.4) is 0 Å².